The Morgan fingerprint density at radius 3 is 2.57 bits per heavy atom. The molecule has 3 rings (SSSR count). The van der Waals surface area contributed by atoms with Gasteiger partial charge < -0.3 is 9.84 Å². The number of hydrazone groups is 1. The summed E-state index contributed by atoms with van der Waals surface area (Å²) in [4.78, 5) is 12.3. The van der Waals surface area contributed by atoms with Crippen molar-refractivity contribution in [3.05, 3.63) is 65.9 Å². The van der Waals surface area contributed by atoms with Crippen LogP contribution in [-0.4, -0.2) is 33.5 Å². The Hall–Kier alpha value is -3.61. The monoisotopic (exact) mass is 378 g/mol. The minimum Gasteiger partial charge on any atom is -0.508 e. The van der Waals surface area contributed by atoms with Gasteiger partial charge in [0, 0.05) is 5.56 Å². The van der Waals surface area contributed by atoms with Gasteiger partial charge in [-0.1, -0.05) is 6.92 Å². The number of aromatic amines is 1. The van der Waals surface area contributed by atoms with Gasteiger partial charge in [0.15, 0.2) is 0 Å². The van der Waals surface area contributed by atoms with E-state index in [1.54, 1.807) is 37.3 Å². The smallest absolute Gasteiger partial charge is 0.289 e. The molecule has 0 aliphatic heterocycles. The number of hydrogen-bond acceptors (Lipinski definition) is 5. The second-order valence-electron chi connectivity index (χ2n) is 6.22. The number of carbonyl (C=O) groups is 1. The molecule has 0 aliphatic carbocycles. The van der Waals surface area contributed by atoms with E-state index < -0.39 is 0 Å². The normalized spacial score (nSPS) is 11.3. The summed E-state index contributed by atoms with van der Waals surface area (Å²) in [5, 5.41) is 20.3. The molecule has 0 saturated heterocycles. The second kappa shape index (κ2) is 8.85. The lowest BCUT2D eigenvalue weighted by Gasteiger charge is -2.04. The lowest BCUT2D eigenvalue weighted by Crippen LogP contribution is -2.19. The molecule has 144 valence electrons. The number of phenolic OH excluding ortho intramolecular Hbond substituents is 1. The molecule has 3 N–H and O–H groups in total. The van der Waals surface area contributed by atoms with Gasteiger partial charge in [0.1, 0.15) is 17.2 Å². The molecular weight excluding hydrogens is 356 g/mol. The van der Waals surface area contributed by atoms with Crippen LogP contribution in [0.2, 0.25) is 0 Å². The Bertz CT molecular complexity index is 960. The van der Waals surface area contributed by atoms with Gasteiger partial charge in [-0.2, -0.15) is 10.2 Å². The fraction of sp³-hybridized carbons (Fsp3) is 0.190. The number of H-pyrrole nitrogens is 1. The Morgan fingerprint density at radius 2 is 1.89 bits per heavy atom. The maximum atomic E-state index is 12.3. The molecule has 1 aromatic heterocycles. The summed E-state index contributed by atoms with van der Waals surface area (Å²) in [6, 6.07) is 15.8. The van der Waals surface area contributed by atoms with Crippen LogP contribution in [-0.2, 0) is 0 Å². The molecule has 0 saturated carbocycles. The first kappa shape index (κ1) is 19.2. The number of ether oxygens (including phenoxy) is 1. The first-order chi connectivity index (χ1) is 13.6. The number of aromatic nitrogens is 2. The van der Waals surface area contributed by atoms with Crippen LogP contribution in [0.5, 0.6) is 11.5 Å². The summed E-state index contributed by atoms with van der Waals surface area (Å²) in [5.74, 6) is 0.591. The number of amides is 1. The maximum absolute atomic E-state index is 12.3. The van der Waals surface area contributed by atoms with E-state index in [2.05, 4.69) is 27.6 Å². The first-order valence-electron chi connectivity index (χ1n) is 8.99. The number of phenols is 1. The largest absolute Gasteiger partial charge is 0.508 e. The molecular formula is C21H22N4O3. The van der Waals surface area contributed by atoms with Gasteiger partial charge >= 0.3 is 0 Å². The third-order valence-corrected chi connectivity index (χ3v) is 4.06. The summed E-state index contributed by atoms with van der Waals surface area (Å²) in [6.07, 6.45) is 0.953. The van der Waals surface area contributed by atoms with E-state index in [9.17, 15) is 9.90 Å². The standard InChI is InChI=1S/C21H22N4O3/c1-3-12-28-18-10-6-16(7-11-18)19-13-20(24-23-19)21(27)25-22-14(2)15-4-8-17(26)9-5-15/h4-11,13,26H,3,12H2,1-2H3,(H,23,24)(H,25,27). The van der Waals surface area contributed by atoms with Gasteiger partial charge in [-0.05, 0) is 73.5 Å². The van der Waals surface area contributed by atoms with Crippen LogP contribution in [0.1, 0.15) is 36.3 Å². The summed E-state index contributed by atoms with van der Waals surface area (Å²) in [7, 11) is 0. The predicted octanol–water partition coefficient (Wildman–Crippen LogP) is 3.73. The molecule has 0 radical (unpaired) electrons. The minimum absolute atomic E-state index is 0.176. The zero-order chi connectivity index (χ0) is 19.9. The highest BCUT2D eigenvalue weighted by Gasteiger charge is 2.11. The molecule has 0 spiro atoms. The first-order valence-corrected chi connectivity index (χ1v) is 8.99. The average molecular weight is 378 g/mol. The van der Waals surface area contributed by atoms with Crippen molar-refractivity contribution < 1.29 is 14.6 Å². The van der Waals surface area contributed by atoms with Crippen molar-refractivity contribution in [1.29, 1.82) is 0 Å². The van der Waals surface area contributed by atoms with E-state index in [0.717, 1.165) is 23.3 Å². The Labute approximate surface area is 163 Å². The van der Waals surface area contributed by atoms with E-state index in [1.165, 1.54) is 0 Å². The molecule has 0 unspecified atom stereocenters. The highest BCUT2D eigenvalue weighted by atomic mass is 16.5. The number of aromatic hydroxyl groups is 1. The molecule has 0 bridgehead atoms. The Morgan fingerprint density at radius 1 is 1.18 bits per heavy atom. The van der Waals surface area contributed by atoms with Gasteiger partial charge in [-0.25, -0.2) is 5.43 Å². The molecule has 7 nitrogen and oxygen atoms in total. The van der Waals surface area contributed by atoms with E-state index in [4.69, 9.17) is 4.74 Å². The summed E-state index contributed by atoms with van der Waals surface area (Å²) in [6.45, 7) is 4.50. The minimum atomic E-state index is -0.389. The number of nitrogens with zero attached hydrogens (tertiary/aromatic N) is 2. The molecule has 0 atom stereocenters. The number of hydrogen-bond donors (Lipinski definition) is 3. The van der Waals surface area contributed by atoms with Gasteiger partial charge in [0.2, 0.25) is 0 Å². The third kappa shape index (κ3) is 4.76. The fourth-order valence-electron chi connectivity index (χ4n) is 2.49. The van der Waals surface area contributed by atoms with E-state index >= 15 is 0 Å². The molecule has 7 heteroatoms. The van der Waals surface area contributed by atoms with Crippen molar-refractivity contribution in [1.82, 2.24) is 15.6 Å². The third-order valence-electron chi connectivity index (χ3n) is 4.06. The van der Waals surface area contributed by atoms with Gasteiger partial charge in [0.25, 0.3) is 5.91 Å². The second-order valence-corrected chi connectivity index (χ2v) is 6.22. The molecule has 1 amide bonds. The zero-order valence-corrected chi connectivity index (χ0v) is 15.8. The molecule has 0 aliphatic rings. The van der Waals surface area contributed by atoms with Crippen molar-refractivity contribution in [2.24, 2.45) is 5.10 Å². The number of nitrogens with one attached hydrogen (secondary N) is 2. The van der Waals surface area contributed by atoms with Crippen LogP contribution in [0, 0.1) is 0 Å². The lowest BCUT2D eigenvalue weighted by molar-refractivity contribution is 0.0950. The number of rotatable bonds is 7. The van der Waals surface area contributed by atoms with Gasteiger partial charge in [-0.3, -0.25) is 9.89 Å². The molecule has 2 aromatic carbocycles. The van der Waals surface area contributed by atoms with Crippen molar-refractivity contribution in [2.75, 3.05) is 6.61 Å². The molecule has 3 aromatic rings. The average Bonchev–Trinajstić information content (AvgIpc) is 3.21. The topological polar surface area (TPSA) is 99.6 Å². The number of benzene rings is 2. The van der Waals surface area contributed by atoms with E-state index in [0.29, 0.717) is 23.7 Å². The summed E-state index contributed by atoms with van der Waals surface area (Å²) >= 11 is 0. The van der Waals surface area contributed by atoms with Crippen molar-refractivity contribution in [2.45, 2.75) is 20.3 Å². The van der Waals surface area contributed by atoms with Crippen LogP contribution in [0.3, 0.4) is 0 Å². The lowest BCUT2D eigenvalue weighted by atomic mass is 10.1. The predicted molar refractivity (Wildman–Crippen MR) is 108 cm³/mol. The highest BCUT2D eigenvalue weighted by molar-refractivity contribution is 6.00. The SMILES string of the molecule is CCCOc1ccc(-c2cc(C(=O)NN=C(C)c3ccc(O)cc3)[nH]n2)cc1. The molecule has 1 heterocycles. The van der Waals surface area contributed by atoms with Crippen LogP contribution in [0.25, 0.3) is 11.3 Å². The summed E-state index contributed by atoms with van der Waals surface area (Å²) < 4.78 is 5.57. The van der Waals surface area contributed by atoms with Crippen LogP contribution in [0.4, 0.5) is 0 Å². The molecule has 28 heavy (non-hydrogen) atoms. The van der Waals surface area contributed by atoms with Gasteiger partial charge in [0.05, 0.1) is 18.0 Å². The molecule has 0 fully saturated rings. The van der Waals surface area contributed by atoms with Crippen LogP contribution >= 0.6 is 0 Å². The Balaban J connectivity index is 1.65. The maximum Gasteiger partial charge on any atom is 0.289 e. The zero-order valence-electron chi connectivity index (χ0n) is 15.8. The van der Waals surface area contributed by atoms with Crippen LogP contribution < -0.4 is 10.2 Å². The van der Waals surface area contributed by atoms with Gasteiger partial charge in [-0.15, -0.1) is 0 Å². The fourth-order valence-corrected chi connectivity index (χ4v) is 2.49. The number of carbonyl (C=O) groups excluding carboxylic acids is 1. The summed E-state index contributed by atoms with van der Waals surface area (Å²) in [5.41, 5.74) is 5.77. The van der Waals surface area contributed by atoms with E-state index in [1.807, 2.05) is 24.3 Å². The Kier molecular flexibility index (Phi) is 6.06. The van der Waals surface area contributed by atoms with E-state index in [-0.39, 0.29) is 11.7 Å². The quantitative estimate of drug-likeness (QED) is 0.431. The van der Waals surface area contributed by atoms with Crippen LogP contribution in [0.15, 0.2) is 59.7 Å². The highest BCUT2D eigenvalue weighted by Crippen LogP contribution is 2.21. The van der Waals surface area contributed by atoms with Crippen molar-refractivity contribution >= 4 is 11.6 Å². The van der Waals surface area contributed by atoms with Crippen molar-refractivity contribution in [3.8, 4) is 22.8 Å². The van der Waals surface area contributed by atoms with Crippen molar-refractivity contribution in [3.63, 3.8) is 0 Å².